The zero-order valence-corrected chi connectivity index (χ0v) is 14.3. The van der Waals surface area contributed by atoms with Crippen LogP contribution >= 0.6 is 11.6 Å². The maximum Gasteiger partial charge on any atom is 0.243 e. The Bertz CT molecular complexity index is 775. The number of methoxy groups -OCH3 is 1. The highest BCUT2D eigenvalue weighted by atomic mass is 35.5. The first-order valence-electron chi connectivity index (χ1n) is 6.70. The van der Waals surface area contributed by atoms with Crippen LogP contribution in [-0.4, -0.2) is 26.9 Å². The van der Waals surface area contributed by atoms with E-state index in [1.54, 1.807) is 13.1 Å². The Hall–Kier alpha value is -1.56. The van der Waals surface area contributed by atoms with E-state index in [0.29, 0.717) is 12.3 Å². The molecule has 6 heteroatoms. The summed E-state index contributed by atoms with van der Waals surface area (Å²) in [5, 5.41) is 0.271. The van der Waals surface area contributed by atoms with Crippen LogP contribution in [0.2, 0.25) is 5.02 Å². The molecule has 0 saturated heterocycles. The van der Waals surface area contributed by atoms with E-state index in [4.69, 9.17) is 16.3 Å². The maximum absolute atomic E-state index is 12.6. The number of ether oxygens (including phenoxy) is 1. The van der Waals surface area contributed by atoms with Gasteiger partial charge in [0.1, 0.15) is 5.75 Å². The number of nitrogens with zero attached hydrogens (tertiary/aromatic N) is 1. The summed E-state index contributed by atoms with van der Waals surface area (Å²) in [6.07, 6.45) is 0. The van der Waals surface area contributed by atoms with Crippen molar-refractivity contribution in [3.05, 3.63) is 58.6 Å². The Balaban J connectivity index is 2.27. The third kappa shape index (κ3) is 3.61. The van der Waals surface area contributed by atoms with Crippen molar-refractivity contribution in [3.8, 4) is 5.75 Å². The highest BCUT2D eigenvalue weighted by molar-refractivity contribution is 7.89. The molecule has 118 valence electrons. The van der Waals surface area contributed by atoms with Gasteiger partial charge in [0.05, 0.1) is 17.0 Å². The number of rotatable bonds is 5. The average Bonchev–Trinajstić information content (AvgIpc) is 2.47. The van der Waals surface area contributed by atoms with E-state index >= 15 is 0 Å². The van der Waals surface area contributed by atoms with Gasteiger partial charge in [-0.3, -0.25) is 0 Å². The topological polar surface area (TPSA) is 46.6 Å². The smallest absolute Gasteiger partial charge is 0.243 e. The van der Waals surface area contributed by atoms with Gasteiger partial charge in [-0.2, -0.15) is 4.31 Å². The van der Waals surface area contributed by atoms with E-state index in [0.717, 1.165) is 11.1 Å². The minimum Gasteiger partial charge on any atom is -0.495 e. The molecule has 0 saturated carbocycles. The van der Waals surface area contributed by atoms with Crippen LogP contribution in [0, 0.1) is 6.92 Å². The monoisotopic (exact) mass is 339 g/mol. The molecule has 0 spiro atoms. The van der Waals surface area contributed by atoms with Crippen LogP contribution in [0.15, 0.2) is 47.4 Å². The second-order valence-electron chi connectivity index (χ2n) is 5.05. The molecule has 2 aromatic rings. The zero-order valence-electron chi connectivity index (χ0n) is 12.7. The molecule has 4 nitrogen and oxygen atoms in total. The highest BCUT2D eigenvalue weighted by Gasteiger charge is 2.22. The lowest BCUT2D eigenvalue weighted by Crippen LogP contribution is -2.26. The third-order valence-corrected chi connectivity index (χ3v) is 5.41. The summed E-state index contributed by atoms with van der Waals surface area (Å²) in [6.45, 7) is 2.27. The molecule has 2 aromatic carbocycles. The molecule has 0 unspecified atom stereocenters. The summed E-state index contributed by atoms with van der Waals surface area (Å²) in [5.41, 5.74) is 2.03. The van der Waals surface area contributed by atoms with Crippen LogP contribution in [-0.2, 0) is 16.6 Å². The minimum atomic E-state index is -3.60. The first-order chi connectivity index (χ1) is 10.3. The molecule has 0 bridgehead atoms. The van der Waals surface area contributed by atoms with Crippen molar-refractivity contribution in [2.24, 2.45) is 0 Å². The fraction of sp³-hybridized carbons (Fsp3) is 0.250. The van der Waals surface area contributed by atoms with Crippen molar-refractivity contribution in [2.45, 2.75) is 18.4 Å². The van der Waals surface area contributed by atoms with Crippen LogP contribution < -0.4 is 4.74 Å². The van der Waals surface area contributed by atoms with Gasteiger partial charge < -0.3 is 4.74 Å². The van der Waals surface area contributed by atoms with Gasteiger partial charge in [-0.15, -0.1) is 0 Å². The largest absolute Gasteiger partial charge is 0.495 e. The minimum absolute atomic E-state index is 0.147. The van der Waals surface area contributed by atoms with E-state index in [1.807, 2.05) is 31.2 Å². The quantitative estimate of drug-likeness (QED) is 0.837. The second-order valence-corrected chi connectivity index (χ2v) is 7.50. The molecule has 0 amide bonds. The number of hydrogen-bond acceptors (Lipinski definition) is 3. The van der Waals surface area contributed by atoms with Crippen molar-refractivity contribution < 1.29 is 13.2 Å². The number of hydrogen-bond donors (Lipinski definition) is 0. The van der Waals surface area contributed by atoms with Crippen molar-refractivity contribution in [1.82, 2.24) is 4.31 Å². The van der Waals surface area contributed by atoms with Gasteiger partial charge in [0.25, 0.3) is 0 Å². The first kappa shape index (κ1) is 16.8. The first-order valence-corrected chi connectivity index (χ1v) is 8.52. The molecule has 0 heterocycles. The van der Waals surface area contributed by atoms with Crippen molar-refractivity contribution in [1.29, 1.82) is 0 Å². The number of aryl methyl sites for hydroxylation is 1. The van der Waals surface area contributed by atoms with Gasteiger partial charge in [0.2, 0.25) is 10.0 Å². The molecule has 0 atom stereocenters. The summed E-state index contributed by atoms with van der Waals surface area (Å²) < 4.78 is 31.5. The molecule has 0 fully saturated rings. The van der Waals surface area contributed by atoms with Crippen molar-refractivity contribution in [2.75, 3.05) is 14.2 Å². The Morgan fingerprint density at radius 1 is 1.18 bits per heavy atom. The summed E-state index contributed by atoms with van der Waals surface area (Å²) in [4.78, 5) is 0.147. The molecule has 0 aliphatic heterocycles. The summed E-state index contributed by atoms with van der Waals surface area (Å²) in [5.74, 6) is 0.446. The van der Waals surface area contributed by atoms with E-state index in [-0.39, 0.29) is 9.92 Å². The summed E-state index contributed by atoms with van der Waals surface area (Å²) in [6, 6.07) is 12.2. The number of benzene rings is 2. The molecule has 0 aliphatic carbocycles. The van der Waals surface area contributed by atoms with Gasteiger partial charge in [-0.25, -0.2) is 8.42 Å². The molecule has 0 aromatic heterocycles. The molecule has 22 heavy (non-hydrogen) atoms. The lowest BCUT2D eigenvalue weighted by atomic mass is 10.1. The molecule has 0 aliphatic rings. The third-order valence-electron chi connectivity index (χ3n) is 3.32. The van der Waals surface area contributed by atoms with Crippen LogP contribution in [0.3, 0.4) is 0 Å². The van der Waals surface area contributed by atoms with Gasteiger partial charge in [-0.05, 0) is 30.7 Å². The van der Waals surface area contributed by atoms with E-state index in [9.17, 15) is 8.42 Å². The maximum atomic E-state index is 12.6. The van der Waals surface area contributed by atoms with E-state index < -0.39 is 10.0 Å². The van der Waals surface area contributed by atoms with E-state index in [2.05, 4.69) is 0 Å². The SMILES string of the molecule is COc1ccc(S(=O)(=O)N(C)Cc2cccc(C)c2)cc1Cl. The second kappa shape index (κ2) is 6.69. The van der Waals surface area contributed by atoms with Gasteiger partial charge in [0, 0.05) is 13.6 Å². The van der Waals surface area contributed by atoms with Crippen LogP contribution in [0.1, 0.15) is 11.1 Å². The van der Waals surface area contributed by atoms with Crippen LogP contribution in [0.5, 0.6) is 5.75 Å². The normalized spacial score (nSPS) is 11.7. The van der Waals surface area contributed by atoms with Crippen molar-refractivity contribution in [3.63, 3.8) is 0 Å². The fourth-order valence-corrected chi connectivity index (χ4v) is 3.65. The van der Waals surface area contributed by atoms with Gasteiger partial charge >= 0.3 is 0 Å². The lowest BCUT2D eigenvalue weighted by Gasteiger charge is -2.18. The fourth-order valence-electron chi connectivity index (χ4n) is 2.14. The van der Waals surface area contributed by atoms with E-state index in [1.165, 1.54) is 23.5 Å². The predicted molar refractivity (Wildman–Crippen MR) is 87.8 cm³/mol. The summed E-state index contributed by atoms with van der Waals surface area (Å²) in [7, 11) is -0.567. The number of halogens is 1. The van der Waals surface area contributed by atoms with Crippen LogP contribution in [0.4, 0.5) is 0 Å². The number of sulfonamides is 1. The zero-order chi connectivity index (χ0) is 16.3. The van der Waals surface area contributed by atoms with Crippen molar-refractivity contribution >= 4 is 21.6 Å². The Morgan fingerprint density at radius 3 is 2.50 bits per heavy atom. The predicted octanol–water partition coefficient (Wildman–Crippen LogP) is 3.48. The average molecular weight is 340 g/mol. The van der Waals surface area contributed by atoms with Gasteiger partial charge in [0.15, 0.2) is 0 Å². The lowest BCUT2D eigenvalue weighted by molar-refractivity contribution is 0.414. The standard InChI is InChI=1S/C16H18ClNO3S/c1-12-5-4-6-13(9-12)11-18(2)22(19,20)14-7-8-16(21-3)15(17)10-14/h4-10H,11H2,1-3H3. The Labute approximate surface area is 136 Å². The molecule has 0 radical (unpaired) electrons. The summed E-state index contributed by atoms with van der Waals surface area (Å²) >= 11 is 6.01. The molecular formula is C16H18ClNO3S. The molecular weight excluding hydrogens is 322 g/mol. The molecule has 0 N–H and O–H groups in total. The molecule has 2 rings (SSSR count). The Morgan fingerprint density at radius 2 is 1.91 bits per heavy atom. The van der Waals surface area contributed by atoms with Crippen LogP contribution in [0.25, 0.3) is 0 Å². The highest BCUT2D eigenvalue weighted by Crippen LogP contribution is 2.28. The van der Waals surface area contributed by atoms with Gasteiger partial charge in [-0.1, -0.05) is 41.4 Å². The Kier molecular flexibility index (Phi) is 5.11.